The molecule has 0 aliphatic rings. The summed E-state index contributed by atoms with van der Waals surface area (Å²) >= 11 is 0. The number of hydrogen-bond acceptors (Lipinski definition) is 5. The molecule has 15 heavy (non-hydrogen) atoms. The maximum Gasteiger partial charge on any atom is 0.433 e. The Bertz CT molecular complexity index is 373. The van der Waals surface area contributed by atoms with Gasteiger partial charge in [0.2, 0.25) is 0 Å². The summed E-state index contributed by atoms with van der Waals surface area (Å²) in [4.78, 5) is 20.0. The molecule has 1 aromatic rings. The molecule has 1 aromatic heterocycles. The molecule has 0 spiro atoms. The van der Waals surface area contributed by atoms with E-state index in [0.717, 1.165) is 0 Å². The van der Waals surface area contributed by atoms with E-state index < -0.39 is 16.9 Å². The molecule has 1 heterocycles. The Morgan fingerprint density at radius 1 is 1.73 bits per heavy atom. The highest BCUT2D eigenvalue weighted by Crippen LogP contribution is 2.15. The average molecular weight is 214 g/mol. The second-order valence-electron chi connectivity index (χ2n) is 2.94. The quantitative estimate of drug-likeness (QED) is 0.553. The van der Waals surface area contributed by atoms with Crippen molar-refractivity contribution in [3.05, 3.63) is 28.0 Å². The van der Waals surface area contributed by atoms with Gasteiger partial charge in [0, 0.05) is 0 Å². The molecule has 0 saturated heterocycles. The lowest BCUT2D eigenvalue weighted by Gasteiger charge is -2.05. The van der Waals surface area contributed by atoms with Crippen LogP contribution in [0.1, 0.15) is 12.7 Å². The Balaban J connectivity index is 2.51. The maximum absolute atomic E-state index is 10.4. The lowest BCUT2D eigenvalue weighted by Crippen LogP contribution is -2.32. The van der Waals surface area contributed by atoms with Crippen LogP contribution in [0.4, 0.5) is 5.88 Å². The molecule has 0 amide bonds. The minimum absolute atomic E-state index is 0.140. The lowest BCUT2D eigenvalue weighted by molar-refractivity contribution is -0.402. The molecule has 0 bridgehead atoms. The van der Waals surface area contributed by atoms with Crippen molar-refractivity contribution in [1.29, 1.82) is 0 Å². The van der Waals surface area contributed by atoms with Gasteiger partial charge in [-0.2, -0.15) is 0 Å². The van der Waals surface area contributed by atoms with E-state index in [-0.39, 0.29) is 12.4 Å². The van der Waals surface area contributed by atoms with Crippen molar-refractivity contribution in [2.75, 3.05) is 0 Å². The third-order valence-corrected chi connectivity index (χ3v) is 1.78. The van der Waals surface area contributed by atoms with Crippen LogP contribution in [0.25, 0.3) is 0 Å². The van der Waals surface area contributed by atoms with Crippen LogP contribution in [0.2, 0.25) is 0 Å². The van der Waals surface area contributed by atoms with Gasteiger partial charge < -0.3 is 9.52 Å². The number of nitro groups is 1. The Kier molecular flexibility index (Phi) is 3.40. The van der Waals surface area contributed by atoms with Crippen LogP contribution in [-0.2, 0) is 11.3 Å². The van der Waals surface area contributed by atoms with Gasteiger partial charge in [0.1, 0.15) is 16.7 Å². The first kappa shape index (κ1) is 11.2. The van der Waals surface area contributed by atoms with Gasteiger partial charge in [-0.25, -0.2) is 0 Å². The van der Waals surface area contributed by atoms with Crippen molar-refractivity contribution >= 4 is 11.9 Å². The maximum atomic E-state index is 10.4. The molecule has 82 valence electrons. The number of carboxylic acid groups (broad SMARTS) is 1. The fourth-order valence-corrected chi connectivity index (χ4v) is 0.901. The van der Waals surface area contributed by atoms with Crippen LogP contribution in [0.5, 0.6) is 0 Å². The second-order valence-corrected chi connectivity index (χ2v) is 2.94. The van der Waals surface area contributed by atoms with Gasteiger partial charge in [0.05, 0.1) is 12.6 Å². The topological polar surface area (TPSA) is 106 Å². The Hall–Kier alpha value is -1.89. The van der Waals surface area contributed by atoms with Crippen molar-refractivity contribution in [3.8, 4) is 0 Å². The van der Waals surface area contributed by atoms with E-state index in [9.17, 15) is 14.9 Å². The van der Waals surface area contributed by atoms with Crippen molar-refractivity contribution in [3.63, 3.8) is 0 Å². The first-order valence-electron chi connectivity index (χ1n) is 4.20. The first-order valence-corrected chi connectivity index (χ1v) is 4.20. The van der Waals surface area contributed by atoms with Crippen LogP contribution in [0, 0.1) is 10.1 Å². The van der Waals surface area contributed by atoms with Gasteiger partial charge in [-0.05, 0) is 13.0 Å². The zero-order valence-electron chi connectivity index (χ0n) is 7.97. The molecule has 2 N–H and O–H groups in total. The molecule has 0 unspecified atom stereocenters. The highest BCUT2D eigenvalue weighted by atomic mass is 16.6. The summed E-state index contributed by atoms with van der Waals surface area (Å²) in [6, 6.07) is 1.93. The highest BCUT2D eigenvalue weighted by molar-refractivity contribution is 5.72. The van der Waals surface area contributed by atoms with Gasteiger partial charge in [-0.15, -0.1) is 0 Å². The largest absolute Gasteiger partial charge is 0.480 e. The summed E-state index contributed by atoms with van der Waals surface area (Å²) in [6.07, 6.45) is 0. The van der Waals surface area contributed by atoms with Crippen LogP contribution in [-0.4, -0.2) is 22.0 Å². The average Bonchev–Trinajstić information content (AvgIpc) is 2.62. The monoisotopic (exact) mass is 214 g/mol. The van der Waals surface area contributed by atoms with E-state index in [1.165, 1.54) is 19.1 Å². The van der Waals surface area contributed by atoms with Crippen molar-refractivity contribution < 1.29 is 19.2 Å². The molecule has 0 fully saturated rings. The fourth-order valence-electron chi connectivity index (χ4n) is 0.901. The molecule has 7 nitrogen and oxygen atoms in total. The predicted molar refractivity (Wildman–Crippen MR) is 49.3 cm³/mol. The van der Waals surface area contributed by atoms with Gasteiger partial charge in [0.15, 0.2) is 0 Å². The van der Waals surface area contributed by atoms with E-state index in [4.69, 9.17) is 9.52 Å². The second kappa shape index (κ2) is 4.56. The zero-order chi connectivity index (χ0) is 11.4. The number of nitrogens with one attached hydrogen (secondary N) is 1. The number of hydrogen-bond donors (Lipinski definition) is 2. The van der Waals surface area contributed by atoms with E-state index in [1.54, 1.807) is 0 Å². The molecule has 0 saturated carbocycles. The molecule has 1 atom stereocenters. The molecule has 7 heteroatoms. The molecule has 0 aliphatic carbocycles. The van der Waals surface area contributed by atoms with E-state index in [0.29, 0.717) is 5.76 Å². The lowest BCUT2D eigenvalue weighted by atomic mass is 10.3. The first-order chi connectivity index (χ1) is 7.00. The van der Waals surface area contributed by atoms with E-state index >= 15 is 0 Å². The Morgan fingerprint density at radius 3 is 2.87 bits per heavy atom. The fraction of sp³-hybridized carbons (Fsp3) is 0.375. The minimum Gasteiger partial charge on any atom is -0.480 e. The molecule has 0 aromatic carbocycles. The Morgan fingerprint density at radius 2 is 2.40 bits per heavy atom. The number of carboxylic acids is 1. The highest BCUT2D eigenvalue weighted by Gasteiger charge is 2.14. The zero-order valence-corrected chi connectivity index (χ0v) is 7.97. The molecule has 1 rings (SSSR count). The number of aliphatic carboxylic acids is 1. The van der Waals surface area contributed by atoms with Gasteiger partial charge in [-0.3, -0.25) is 20.2 Å². The smallest absolute Gasteiger partial charge is 0.433 e. The van der Waals surface area contributed by atoms with Gasteiger partial charge in [0.25, 0.3) is 0 Å². The van der Waals surface area contributed by atoms with Crippen LogP contribution in [0.15, 0.2) is 16.5 Å². The summed E-state index contributed by atoms with van der Waals surface area (Å²) < 4.78 is 4.82. The Labute approximate surface area is 84.8 Å². The standard InChI is InChI=1S/C8H10N2O5/c1-5(8(11)12)9-4-6-2-3-7(15-6)10(13)14/h2-3,5,9H,4H2,1H3,(H,11,12)/t5-/m1/s1. The third kappa shape index (κ3) is 3.06. The number of furan rings is 1. The summed E-state index contributed by atoms with van der Waals surface area (Å²) in [5.41, 5.74) is 0. The molecule has 0 radical (unpaired) electrons. The van der Waals surface area contributed by atoms with Crippen LogP contribution < -0.4 is 5.32 Å². The molecular weight excluding hydrogens is 204 g/mol. The van der Waals surface area contributed by atoms with Crippen LogP contribution >= 0.6 is 0 Å². The van der Waals surface area contributed by atoms with Gasteiger partial charge in [-0.1, -0.05) is 0 Å². The van der Waals surface area contributed by atoms with Crippen LogP contribution in [0.3, 0.4) is 0 Å². The number of rotatable bonds is 5. The molecule has 0 aliphatic heterocycles. The summed E-state index contributed by atoms with van der Waals surface area (Å²) in [7, 11) is 0. The number of carbonyl (C=O) groups is 1. The normalized spacial score (nSPS) is 12.3. The van der Waals surface area contributed by atoms with E-state index in [1.807, 2.05) is 0 Å². The third-order valence-electron chi connectivity index (χ3n) is 1.78. The summed E-state index contributed by atoms with van der Waals surface area (Å²) in [5.74, 6) is -1.01. The number of nitrogens with zero attached hydrogens (tertiary/aromatic N) is 1. The SMILES string of the molecule is C[C@@H](NCc1ccc([N+](=O)[O-])o1)C(=O)O. The van der Waals surface area contributed by atoms with Crippen molar-refractivity contribution in [2.45, 2.75) is 19.5 Å². The predicted octanol–water partition coefficient (Wildman–Crippen LogP) is 0.751. The van der Waals surface area contributed by atoms with Gasteiger partial charge >= 0.3 is 11.9 Å². The molecular formula is C8H10N2O5. The van der Waals surface area contributed by atoms with Crippen molar-refractivity contribution in [2.24, 2.45) is 0 Å². The van der Waals surface area contributed by atoms with E-state index in [2.05, 4.69) is 5.32 Å². The van der Waals surface area contributed by atoms with Crippen molar-refractivity contribution in [1.82, 2.24) is 5.32 Å². The summed E-state index contributed by atoms with van der Waals surface area (Å²) in [5, 5.41) is 21.4. The minimum atomic E-state index is -0.990. The summed E-state index contributed by atoms with van der Waals surface area (Å²) in [6.45, 7) is 1.61.